The first kappa shape index (κ1) is 16.8. The van der Waals surface area contributed by atoms with Crippen molar-refractivity contribution in [3.05, 3.63) is 28.2 Å². The summed E-state index contributed by atoms with van der Waals surface area (Å²) in [5.41, 5.74) is 0.995. The summed E-state index contributed by atoms with van der Waals surface area (Å²) in [6, 6.07) is 5.97. The van der Waals surface area contributed by atoms with E-state index < -0.39 is 0 Å². The Bertz CT molecular complexity index is 425. The van der Waals surface area contributed by atoms with Crippen LogP contribution in [0.2, 0.25) is 0 Å². The van der Waals surface area contributed by atoms with Gasteiger partial charge in [-0.2, -0.15) is 0 Å². The first-order valence-electron chi connectivity index (χ1n) is 8.31. The van der Waals surface area contributed by atoms with Crippen LogP contribution >= 0.6 is 15.9 Å². The van der Waals surface area contributed by atoms with Crippen molar-refractivity contribution in [1.29, 1.82) is 0 Å². The van der Waals surface area contributed by atoms with E-state index in [0.29, 0.717) is 5.92 Å². The fourth-order valence-corrected chi connectivity index (χ4v) is 3.62. The first-order chi connectivity index (χ1) is 10.2. The third kappa shape index (κ3) is 5.30. The van der Waals surface area contributed by atoms with Gasteiger partial charge in [0.25, 0.3) is 0 Å². The maximum absolute atomic E-state index is 10.5. The number of aliphatic hydroxyl groups excluding tert-OH is 1. The minimum absolute atomic E-state index is 0.357. The molecule has 0 aliphatic heterocycles. The van der Waals surface area contributed by atoms with E-state index >= 15 is 0 Å². The molecule has 0 bridgehead atoms. The van der Waals surface area contributed by atoms with Gasteiger partial charge in [-0.3, -0.25) is 0 Å². The third-order valence-corrected chi connectivity index (χ3v) is 4.95. The number of halogens is 1. The highest BCUT2D eigenvalue weighted by atomic mass is 79.9. The molecule has 21 heavy (non-hydrogen) atoms. The smallest absolute Gasteiger partial charge is 0.133 e. The molecule has 2 rings (SSSR count). The standard InChI is InChI=1S/C18H27BrO2/c1-2-11-21-18-10-9-15(13-16(18)19)17(20)12-14-7-5-3-4-6-8-14/h9-10,13-14,17,20H,2-8,11-12H2,1H3. The summed E-state index contributed by atoms with van der Waals surface area (Å²) in [6.45, 7) is 2.82. The SMILES string of the molecule is CCCOc1ccc(C(O)CC2CCCCCC2)cc1Br. The van der Waals surface area contributed by atoms with Crippen molar-refractivity contribution in [1.82, 2.24) is 0 Å². The fourth-order valence-electron chi connectivity index (χ4n) is 3.10. The van der Waals surface area contributed by atoms with Gasteiger partial charge in [0.1, 0.15) is 5.75 Å². The van der Waals surface area contributed by atoms with Crippen LogP contribution in [0.5, 0.6) is 5.75 Å². The minimum Gasteiger partial charge on any atom is -0.492 e. The maximum atomic E-state index is 10.5. The second kappa shape index (κ2) is 8.79. The topological polar surface area (TPSA) is 29.5 Å². The lowest BCUT2D eigenvalue weighted by molar-refractivity contribution is 0.139. The van der Waals surface area contributed by atoms with Crippen LogP contribution in [0.4, 0.5) is 0 Å². The van der Waals surface area contributed by atoms with Crippen molar-refractivity contribution in [2.75, 3.05) is 6.61 Å². The second-order valence-electron chi connectivity index (χ2n) is 6.15. The Morgan fingerprint density at radius 1 is 1.24 bits per heavy atom. The lowest BCUT2D eigenvalue weighted by Gasteiger charge is -2.19. The van der Waals surface area contributed by atoms with Crippen molar-refractivity contribution < 1.29 is 9.84 Å². The van der Waals surface area contributed by atoms with Gasteiger partial charge >= 0.3 is 0 Å². The van der Waals surface area contributed by atoms with Gasteiger partial charge in [0.05, 0.1) is 17.2 Å². The van der Waals surface area contributed by atoms with Gasteiger partial charge in [-0.05, 0) is 52.4 Å². The predicted molar refractivity (Wildman–Crippen MR) is 90.7 cm³/mol. The van der Waals surface area contributed by atoms with Gasteiger partial charge in [0.15, 0.2) is 0 Å². The van der Waals surface area contributed by atoms with Gasteiger partial charge < -0.3 is 9.84 Å². The Hall–Kier alpha value is -0.540. The average Bonchev–Trinajstić information content (AvgIpc) is 2.74. The zero-order valence-corrected chi connectivity index (χ0v) is 14.6. The Balaban J connectivity index is 1.95. The summed E-state index contributed by atoms with van der Waals surface area (Å²) in [7, 11) is 0. The van der Waals surface area contributed by atoms with E-state index in [0.717, 1.165) is 35.2 Å². The lowest BCUT2D eigenvalue weighted by Crippen LogP contribution is -2.07. The van der Waals surface area contributed by atoms with Crippen LogP contribution in [-0.2, 0) is 0 Å². The molecule has 0 aromatic heterocycles. The van der Waals surface area contributed by atoms with E-state index in [9.17, 15) is 5.11 Å². The molecule has 0 spiro atoms. The van der Waals surface area contributed by atoms with E-state index in [1.54, 1.807) is 0 Å². The van der Waals surface area contributed by atoms with Crippen LogP contribution in [0.3, 0.4) is 0 Å². The van der Waals surface area contributed by atoms with Crippen molar-refractivity contribution in [3.8, 4) is 5.75 Å². The largest absolute Gasteiger partial charge is 0.492 e. The molecular formula is C18H27BrO2. The van der Waals surface area contributed by atoms with E-state index in [4.69, 9.17) is 4.74 Å². The molecule has 1 fully saturated rings. The summed E-state index contributed by atoms with van der Waals surface area (Å²) in [5, 5.41) is 10.5. The van der Waals surface area contributed by atoms with E-state index in [1.165, 1.54) is 38.5 Å². The molecule has 0 heterocycles. The highest BCUT2D eigenvalue weighted by molar-refractivity contribution is 9.10. The molecule has 0 saturated heterocycles. The molecule has 1 N–H and O–H groups in total. The molecule has 1 saturated carbocycles. The molecule has 1 aliphatic rings. The van der Waals surface area contributed by atoms with Gasteiger partial charge in [0, 0.05) is 0 Å². The Morgan fingerprint density at radius 2 is 1.95 bits per heavy atom. The Kier molecular flexibility index (Phi) is 7.05. The van der Waals surface area contributed by atoms with Crippen LogP contribution < -0.4 is 4.74 Å². The maximum Gasteiger partial charge on any atom is 0.133 e. The molecule has 2 nitrogen and oxygen atoms in total. The molecule has 0 amide bonds. The summed E-state index contributed by atoms with van der Waals surface area (Å²) in [5.74, 6) is 1.54. The molecule has 1 aromatic rings. The lowest BCUT2D eigenvalue weighted by atomic mass is 9.91. The molecule has 118 valence electrons. The molecule has 1 unspecified atom stereocenters. The quantitative estimate of drug-likeness (QED) is 0.670. The monoisotopic (exact) mass is 354 g/mol. The van der Waals surface area contributed by atoms with E-state index in [2.05, 4.69) is 22.9 Å². The number of ether oxygens (including phenoxy) is 1. The van der Waals surface area contributed by atoms with Crippen molar-refractivity contribution in [2.45, 2.75) is 64.4 Å². The van der Waals surface area contributed by atoms with E-state index in [-0.39, 0.29) is 6.10 Å². The second-order valence-corrected chi connectivity index (χ2v) is 7.00. The summed E-state index contributed by atoms with van der Waals surface area (Å²) >= 11 is 3.55. The normalized spacial score (nSPS) is 18.2. The zero-order chi connectivity index (χ0) is 15.1. The van der Waals surface area contributed by atoms with Crippen LogP contribution in [0, 0.1) is 5.92 Å². The Morgan fingerprint density at radius 3 is 2.57 bits per heavy atom. The molecule has 3 heteroatoms. The number of aliphatic hydroxyl groups is 1. The van der Waals surface area contributed by atoms with E-state index in [1.807, 2.05) is 18.2 Å². The van der Waals surface area contributed by atoms with Crippen molar-refractivity contribution >= 4 is 15.9 Å². The number of hydrogen-bond donors (Lipinski definition) is 1. The fraction of sp³-hybridized carbons (Fsp3) is 0.667. The van der Waals surface area contributed by atoms with Gasteiger partial charge in [0.2, 0.25) is 0 Å². The summed E-state index contributed by atoms with van der Waals surface area (Å²) < 4.78 is 6.60. The van der Waals surface area contributed by atoms with Gasteiger partial charge in [-0.25, -0.2) is 0 Å². The van der Waals surface area contributed by atoms with Crippen LogP contribution in [0.15, 0.2) is 22.7 Å². The third-order valence-electron chi connectivity index (χ3n) is 4.33. The van der Waals surface area contributed by atoms with Crippen LogP contribution in [0.1, 0.15) is 70.0 Å². The van der Waals surface area contributed by atoms with Crippen LogP contribution in [-0.4, -0.2) is 11.7 Å². The minimum atomic E-state index is -0.357. The molecule has 0 radical (unpaired) electrons. The van der Waals surface area contributed by atoms with Crippen LogP contribution in [0.25, 0.3) is 0 Å². The highest BCUT2D eigenvalue weighted by Gasteiger charge is 2.18. The number of hydrogen-bond acceptors (Lipinski definition) is 2. The number of rotatable bonds is 6. The van der Waals surface area contributed by atoms with Crippen molar-refractivity contribution in [2.24, 2.45) is 5.92 Å². The average molecular weight is 355 g/mol. The van der Waals surface area contributed by atoms with Crippen molar-refractivity contribution in [3.63, 3.8) is 0 Å². The highest BCUT2D eigenvalue weighted by Crippen LogP contribution is 2.34. The zero-order valence-electron chi connectivity index (χ0n) is 13.0. The first-order valence-corrected chi connectivity index (χ1v) is 9.10. The molecule has 1 aliphatic carbocycles. The van der Waals surface area contributed by atoms with Gasteiger partial charge in [-0.1, -0.05) is 51.5 Å². The predicted octanol–water partition coefficient (Wildman–Crippen LogP) is 5.63. The number of benzene rings is 1. The summed E-state index contributed by atoms with van der Waals surface area (Å²) in [6.07, 6.45) is 9.45. The molecule has 1 aromatic carbocycles. The molecule has 1 atom stereocenters. The molecular weight excluding hydrogens is 328 g/mol. The Labute approximate surface area is 137 Å². The van der Waals surface area contributed by atoms with Gasteiger partial charge in [-0.15, -0.1) is 0 Å². The summed E-state index contributed by atoms with van der Waals surface area (Å²) in [4.78, 5) is 0.